The minimum Gasteiger partial charge on any atom is -0.347 e. The van der Waals surface area contributed by atoms with Gasteiger partial charge in [-0.3, -0.25) is 4.79 Å². The number of ether oxygens (including phenoxy) is 2. The van der Waals surface area contributed by atoms with E-state index in [0.717, 1.165) is 43.8 Å². The first kappa shape index (κ1) is 15.6. The molecule has 132 valence electrons. The maximum atomic E-state index is 11.9. The van der Waals surface area contributed by atoms with Crippen LogP contribution in [0.1, 0.15) is 58.8 Å². The van der Waals surface area contributed by atoms with Crippen molar-refractivity contribution in [3.63, 3.8) is 0 Å². The molecule has 0 N–H and O–H groups in total. The Morgan fingerprint density at radius 3 is 2.54 bits per heavy atom. The van der Waals surface area contributed by atoms with Gasteiger partial charge in [0, 0.05) is 18.3 Å². The van der Waals surface area contributed by atoms with Gasteiger partial charge in [-0.25, -0.2) is 0 Å². The van der Waals surface area contributed by atoms with Crippen LogP contribution >= 0.6 is 0 Å². The van der Waals surface area contributed by atoms with E-state index in [-0.39, 0.29) is 16.6 Å². The molecule has 5 aliphatic rings. The van der Waals surface area contributed by atoms with Gasteiger partial charge in [0.2, 0.25) is 0 Å². The lowest BCUT2D eigenvalue weighted by Crippen LogP contribution is -2.56. The van der Waals surface area contributed by atoms with Crippen LogP contribution in [0, 0.1) is 34.5 Å². The molecule has 3 saturated carbocycles. The van der Waals surface area contributed by atoms with Crippen LogP contribution in [0.5, 0.6) is 0 Å². The largest absolute Gasteiger partial charge is 0.347 e. The van der Waals surface area contributed by atoms with E-state index >= 15 is 0 Å². The smallest absolute Gasteiger partial charge is 0.174 e. The summed E-state index contributed by atoms with van der Waals surface area (Å²) in [6.45, 7) is 6.41. The van der Waals surface area contributed by atoms with Gasteiger partial charge in [-0.05, 0) is 67.3 Å². The average Bonchev–Trinajstić information content (AvgIpc) is 3.15. The monoisotopic (exact) mass is 330 g/mol. The topological polar surface area (TPSA) is 35.5 Å². The lowest BCUT2D eigenvalue weighted by Gasteiger charge is -2.59. The number of fused-ring (bicyclic) bond motifs is 6. The summed E-state index contributed by atoms with van der Waals surface area (Å²) in [4.78, 5) is 11.9. The van der Waals surface area contributed by atoms with Crippen molar-refractivity contribution in [2.45, 2.75) is 64.6 Å². The standard InChI is InChI=1S/C21H30O3/c1-19-8-5-15(22)13-14(19)3-4-16-17(19)6-9-20(2)18(16)7-10-21(20)23-11-12-24-21/h5,8,14,16-18H,3-4,6-7,9-13H2,1-2H3/t14?,16?,17?,18?,19-,20-/m0/s1. The van der Waals surface area contributed by atoms with Crippen LogP contribution in [0.2, 0.25) is 0 Å². The van der Waals surface area contributed by atoms with Gasteiger partial charge in [0.25, 0.3) is 0 Å². The maximum Gasteiger partial charge on any atom is 0.174 e. The molecule has 1 heterocycles. The van der Waals surface area contributed by atoms with Crippen molar-refractivity contribution in [3.8, 4) is 0 Å². The van der Waals surface area contributed by atoms with Crippen LogP contribution in [0.4, 0.5) is 0 Å². The number of hydrogen-bond donors (Lipinski definition) is 0. The molecule has 1 saturated heterocycles. The van der Waals surface area contributed by atoms with Crippen LogP contribution in [0.15, 0.2) is 12.2 Å². The molecule has 24 heavy (non-hydrogen) atoms. The van der Waals surface area contributed by atoms with Crippen LogP contribution in [-0.2, 0) is 14.3 Å². The Morgan fingerprint density at radius 1 is 1.00 bits per heavy atom. The van der Waals surface area contributed by atoms with Crippen molar-refractivity contribution in [1.29, 1.82) is 0 Å². The Kier molecular flexibility index (Phi) is 3.21. The summed E-state index contributed by atoms with van der Waals surface area (Å²) >= 11 is 0. The molecule has 1 aliphatic heterocycles. The number of carbonyl (C=O) groups is 1. The SMILES string of the molecule is C[C@]12C=CC(=O)CC1CCC1C2CC[C@@]2(C)C1CCC21OCCO1. The van der Waals surface area contributed by atoms with Crippen molar-refractivity contribution in [2.75, 3.05) is 13.2 Å². The first-order chi connectivity index (χ1) is 11.5. The third kappa shape index (κ3) is 1.78. The first-order valence-electron chi connectivity index (χ1n) is 9.99. The quantitative estimate of drug-likeness (QED) is 0.670. The molecule has 0 aromatic rings. The van der Waals surface area contributed by atoms with Gasteiger partial charge in [-0.15, -0.1) is 0 Å². The third-order valence-corrected chi connectivity index (χ3v) is 8.84. The average molecular weight is 330 g/mol. The highest BCUT2D eigenvalue weighted by atomic mass is 16.7. The Bertz CT molecular complexity index is 590. The molecule has 0 amide bonds. The van der Waals surface area contributed by atoms with Crippen molar-refractivity contribution in [1.82, 2.24) is 0 Å². The Balaban J connectivity index is 1.49. The molecule has 0 radical (unpaired) electrons. The van der Waals surface area contributed by atoms with Crippen LogP contribution in [0.25, 0.3) is 0 Å². The maximum absolute atomic E-state index is 11.9. The summed E-state index contributed by atoms with van der Waals surface area (Å²) in [5, 5.41) is 0. The molecule has 4 aliphatic carbocycles. The van der Waals surface area contributed by atoms with E-state index in [0.29, 0.717) is 11.7 Å². The normalized spacial score (nSPS) is 52.2. The van der Waals surface area contributed by atoms with E-state index in [1.807, 2.05) is 6.08 Å². The Hall–Kier alpha value is -0.670. The molecular formula is C21H30O3. The van der Waals surface area contributed by atoms with Crippen LogP contribution in [0.3, 0.4) is 0 Å². The Labute approximate surface area is 145 Å². The second-order valence-electron chi connectivity index (χ2n) is 9.47. The first-order valence-corrected chi connectivity index (χ1v) is 9.99. The highest BCUT2D eigenvalue weighted by Gasteiger charge is 2.66. The zero-order valence-electron chi connectivity index (χ0n) is 15.1. The molecule has 0 bridgehead atoms. The second kappa shape index (κ2) is 4.94. The minimum absolute atomic E-state index is 0.183. The fraction of sp³-hybridized carbons (Fsp3) is 0.857. The van der Waals surface area contributed by atoms with Crippen LogP contribution < -0.4 is 0 Å². The van der Waals surface area contributed by atoms with Crippen molar-refractivity contribution in [2.24, 2.45) is 34.5 Å². The lowest BCUT2D eigenvalue weighted by atomic mass is 9.46. The fourth-order valence-electron chi connectivity index (χ4n) is 7.52. The number of ketones is 1. The number of rotatable bonds is 0. The molecule has 4 unspecified atom stereocenters. The van der Waals surface area contributed by atoms with E-state index in [4.69, 9.17) is 9.47 Å². The molecule has 3 nitrogen and oxygen atoms in total. The predicted molar refractivity (Wildman–Crippen MR) is 91.3 cm³/mol. The zero-order chi connectivity index (χ0) is 16.6. The minimum atomic E-state index is -0.293. The van der Waals surface area contributed by atoms with E-state index in [1.165, 1.54) is 32.1 Å². The summed E-state index contributed by atoms with van der Waals surface area (Å²) in [5.41, 5.74) is 0.410. The molecule has 0 aromatic heterocycles. The van der Waals surface area contributed by atoms with Gasteiger partial charge in [0.1, 0.15) is 0 Å². The van der Waals surface area contributed by atoms with E-state index < -0.39 is 0 Å². The van der Waals surface area contributed by atoms with Gasteiger partial charge in [0.05, 0.1) is 13.2 Å². The number of allylic oxidation sites excluding steroid dienone is 2. The molecule has 6 atom stereocenters. The van der Waals surface area contributed by atoms with E-state index in [9.17, 15) is 4.79 Å². The third-order valence-electron chi connectivity index (χ3n) is 8.84. The molecule has 1 spiro atoms. The summed E-state index contributed by atoms with van der Waals surface area (Å²) in [7, 11) is 0. The second-order valence-corrected chi connectivity index (χ2v) is 9.47. The number of hydrogen-bond acceptors (Lipinski definition) is 3. The van der Waals surface area contributed by atoms with Crippen LogP contribution in [-0.4, -0.2) is 24.8 Å². The van der Waals surface area contributed by atoms with Crippen molar-refractivity contribution >= 4 is 5.78 Å². The zero-order valence-corrected chi connectivity index (χ0v) is 15.1. The summed E-state index contributed by atoms with van der Waals surface area (Å²) in [5.74, 6) is 2.83. The van der Waals surface area contributed by atoms with Crippen molar-refractivity contribution in [3.05, 3.63) is 12.2 Å². The lowest BCUT2D eigenvalue weighted by molar-refractivity contribution is -0.244. The summed E-state index contributed by atoms with van der Waals surface area (Å²) < 4.78 is 12.4. The van der Waals surface area contributed by atoms with Gasteiger partial charge >= 0.3 is 0 Å². The van der Waals surface area contributed by atoms with Crippen molar-refractivity contribution < 1.29 is 14.3 Å². The molecule has 5 rings (SSSR count). The molecule has 4 fully saturated rings. The van der Waals surface area contributed by atoms with Gasteiger partial charge < -0.3 is 9.47 Å². The Morgan fingerprint density at radius 2 is 1.75 bits per heavy atom. The summed E-state index contributed by atoms with van der Waals surface area (Å²) in [6, 6.07) is 0. The molecular weight excluding hydrogens is 300 g/mol. The summed E-state index contributed by atoms with van der Waals surface area (Å²) in [6.07, 6.45) is 12.3. The molecule has 0 aromatic carbocycles. The van der Waals surface area contributed by atoms with Gasteiger partial charge in [-0.1, -0.05) is 19.9 Å². The van der Waals surface area contributed by atoms with Gasteiger partial charge in [-0.2, -0.15) is 0 Å². The van der Waals surface area contributed by atoms with Gasteiger partial charge in [0.15, 0.2) is 11.6 Å². The highest BCUT2D eigenvalue weighted by Crippen LogP contribution is 2.68. The van der Waals surface area contributed by atoms with E-state index in [1.54, 1.807) is 0 Å². The number of carbonyl (C=O) groups excluding carboxylic acids is 1. The fourth-order valence-corrected chi connectivity index (χ4v) is 7.52. The molecule has 3 heteroatoms. The predicted octanol–water partition coefficient (Wildman–Crippen LogP) is 4.12. The highest BCUT2D eigenvalue weighted by molar-refractivity contribution is 5.91. The van der Waals surface area contributed by atoms with E-state index in [2.05, 4.69) is 19.9 Å².